The van der Waals surface area contributed by atoms with Gasteiger partial charge in [-0.05, 0) is 125 Å². The molecule has 0 saturated carbocycles. The van der Waals surface area contributed by atoms with Gasteiger partial charge in [0, 0.05) is 77.3 Å². The monoisotopic (exact) mass is 1290 g/mol. The lowest BCUT2D eigenvalue weighted by molar-refractivity contribution is 0.0941. The number of hydrogen-bond acceptors (Lipinski definition) is 13. The van der Waals surface area contributed by atoms with Gasteiger partial charge < -0.3 is 55.1 Å². The summed E-state index contributed by atoms with van der Waals surface area (Å²) in [6.07, 6.45) is 0.757. The predicted octanol–water partition coefficient (Wildman–Crippen LogP) is 9.23. The highest BCUT2D eigenvalue weighted by Gasteiger charge is 2.30. The normalized spacial score (nSPS) is 12.6. The van der Waals surface area contributed by atoms with E-state index in [1.165, 1.54) is 53.2 Å². The third-order valence-corrected chi connectivity index (χ3v) is 15.4. The van der Waals surface area contributed by atoms with Crippen LogP contribution in [0.4, 0.5) is 39.4 Å². The molecular weight excluding hydrogens is 1220 g/mol. The molecule has 6 aromatic carbocycles. The van der Waals surface area contributed by atoms with E-state index in [9.17, 15) is 50.7 Å². The standard InChI is InChI=1S/C23H24FN5O3.C22H22F3N5O2.C22H24FN5O2/c1-13-2-7-16(24)10-18(13)23(31)27-11-14-3-5-15(6-4-14)20-19(22(26)30)21(25)29(28-20)17-8-9-32-12-17;1-10(2)30-20(26)16(21(27)31)19(29-30)14-7-5-12(17(24)18(14)25)9-28-22(32)15-8-13(23)6-4-11(15)3;1-12(2)28-20(24)18(21(25)29)19(27-28)15-7-5-14(6-8-15)11-26-22(30)17-10-16(23)9-4-13(17)3/h2-7,10,17H,8-9,11-12,25H2,1H3,(H2,26,30)(H,27,31);4-8,10H,9,26H2,1-3H3,(H2,27,31)(H,28,32);4-10,12H,11,24H2,1-3H3,(H2,25,29)(H,26,30). The summed E-state index contributed by atoms with van der Waals surface area (Å²) in [5.41, 5.74) is 40.6. The number of nitrogen functional groups attached to an aromatic ring is 3. The van der Waals surface area contributed by atoms with Gasteiger partial charge in [-0.3, -0.25) is 28.8 Å². The topological polar surface area (TPSA) is 357 Å². The number of aromatic nitrogens is 6. The number of ether oxygens (including phenoxy) is 1. The maximum atomic E-state index is 14.9. The molecule has 15 N–H and O–H groups in total. The van der Waals surface area contributed by atoms with Crippen molar-refractivity contribution in [1.29, 1.82) is 0 Å². The minimum absolute atomic E-state index is 0.0300. The molecule has 490 valence electrons. The van der Waals surface area contributed by atoms with Crippen molar-refractivity contribution in [2.24, 2.45) is 17.2 Å². The van der Waals surface area contributed by atoms with Crippen LogP contribution in [0.2, 0.25) is 0 Å². The summed E-state index contributed by atoms with van der Waals surface area (Å²) in [5.74, 6) is -7.16. The number of benzene rings is 6. The number of nitrogens with two attached hydrogens (primary N) is 6. The van der Waals surface area contributed by atoms with Gasteiger partial charge in [0.2, 0.25) is 0 Å². The second-order valence-corrected chi connectivity index (χ2v) is 22.7. The van der Waals surface area contributed by atoms with Crippen molar-refractivity contribution in [1.82, 2.24) is 45.3 Å². The number of carbonyl (C=O) groups excluding carboxylic acids is 6. The first-order valence-corrected chi connectivity index (χ1v) is 29.5. The minimum atomic E-state index is -1.27. The van der Waals surface area contributed by atoms with Gasteiger partial charge in [0.05, 0.1) is 12.6 Å². The fourth-order valence-electron chi connectivity index (χ4n) is 10.3. The molecule has 0 radical (unpaired) electrons. The molecule has 1 aliphatic heterocycles. The summed E-state index contributed by atoms with van der Waals surface area (Å²) in [4.78, 5) is 72.9. The number of halogens is 5. The van der Waals surface area contributed by atoms with Gasteiger partial charge in [-0.15, -0.1) is 0 Å². The van der Waals surface area contributed by atoms with Gasteiger partial charge in [-0.25, -0.2) is 36.0 Å². The van der Waals surface area contributed by atoms with Crippen LogP contribution in [0.15, 0.2) is 115 Å². The van der Waals surface area contributed by atoms with Crippen molar-refractivity contribution in [2.45, 2.75) is 92.6 Å². The number of aryl methyl sites for hydroxylation is 3. The second kappa shape index (κ2) is 29.4. The highest BCUT2D eigenvalue weighted by molar-refractivity contribution is 6.05. The Morgan fingerprint density at radius 2 is 0.883 bits per heavy atom. The molecule has 6 amide bonds. The predicted molar refractivity (Wildman–Crippen MR) is 344 cm³/mol. The fourth-order valence-corrected chi connectivity index (χ4v) is 10.3. The molecule has 1 saturated heterocycles. The van der Waals surface area contributed by atoms with Crippen LogP contribution in [0.5, 0.6) is 0 Å². The van der Waals surface area contributed by atoms with Crippen LogP contribution < -0.4 is 50.4 Å². The zero-order chi connectivity index (χ0) is 68.6. The Bertz CT molecular complexity index is 4370. The van der Waals surface area contributed by atoms with E-state index in [0.29, 0.717) is 63.5 Å². The first-order valence-electron chi connectivity index (χ1n) is 29.5. The molecule has 0 bridgehead atoms. The third kappa shape index (κ3) is 15.4. The average molecular weight is 1290 g/mol. The zero-order valence-corrected chi connectivity index (χ0v) is 52.3. The van der Waals surface area contributed by atoms with E-state index < -0.39 is 52.7 Å². The quantitative estimate of drug-likeness (QED) is 0.0362. The molecule has 94 heavy (non-hydrogen) atoms. The van der Waals surface area contributed by atoms with Crippen molar-refractivity contribution >= 4 is 52.9 Å². The van der Waals surface area contributed by atoms with Gasteiger partial charge in [0.15, 0.2) is 11.6 Å². The van der Waals surface area contributed by atoms with Crippen LogP contribution in [0, 0.1) is 49.9 Å². The summed E-state index contributed by atoms with van der Waals surface area (Å²) >= 11 is 0. The van der Waals surface area contributed by atoms with Crippen LogP contribution >= 0.6 is 0 Å². The Morgan fingerprint density at radius 1 is 0.500 bits per heavy atom. The van der Waals surface area contributed by atoms with E-state index in [1.807, 2.05) is 38.1 Å². The van der Waals surface area contributed by atoms with Crippen molar-refractivity contribution < 1.29 is 55.5 Å². The van der Waals surface area contributed by atoms with E-state index in [-0.39, 0.29) is 106 Å². The van der Waals surface area contributed by atoms with Gasteiger partial charge in [-0.1, -0.05) is 72.8 Å². The van der Waals surface area contributed by atoms with Gasteiger partial charge in [-0.2, -0.15) is 15.3 Å². The Hall–Kier alpha value is -11.2. The molecule has 0 spiro atoms. The summed E-state index contributed by atoms with van der Waals surface area (Å²) in [6.45, 7) is 13.7. The number of carbonyl (C=O) groups is 6. The van der Waals surface area contributed by atoms with Crippen molar-refractivity contribution in [3.05, 3.63) is 211 Å². The molecule has 4 heterocycles. The molecule has 1 fully saturated rings. The van der Waals surface area contributed by atoms with Crippen molar-refractivity contribution in [3.63, 3.8) is 0 Å². The molecule has 1 atom stereocenters. The maximum Gasteiger partial charge on any atom is 0.254 e. The van der Waals surface area contributed by atoms with E-state index in [2.05, 4.69) is 31.2 Å². The second-order valence-electron chi connectivity index (χ2n) is 22.7. The van der Waals surface area contributed by atoms with Crippen molar-refractivity contribution in [2.75, 3.05) is 30.4 Å². The average Bonchev–Trinajstić information content (AvgIpc) is 1.65. The lowest BCUT2D eigenvalue weighted by atomic mass is 10.0. The van der Waals surface area contributed by atoms with E-state index in [0.717, 1.165) is 23.6 Å². The summed E-state index contributed by atoms with van der Waals surface area (Å²) in [6, 6.07) is 28.5. The lowest BCUT2D eigenvalue weighted by Crippen LogP contribution is -2.24. The molecule has 1 unspecified atom stereocenters. The number of hydrogen-bond donors (Lipinski definition) is 9. The lowest BCUT2D eigenvalue weighted by Gasteiger charge is -2.11. The SMILES string of the molecule is Cc1ccc(F)cc1C(=O)NCc1ccc(-c2nn(C(C)C)c(N)c2C(N)=O)c(F)c1F.Cc1ccc(F)cc1C(=O)NCc1ccc(-c2nn(C(C)C)c(N)c2C(N)=O)cc1.Cc1ccc(F)cc1C(=O)NCc1ccc(-c2nn(C3CCOC3)c(N)c2C(N)=O)cc1. The number of primary amides is 3. The maximum absolute atomic E-state index is 14.9. The van der Waals surface area contributed by atoms with E-state index in [4.69, 9.17) is 39.1 Å². The molecule has 27 heteroatoms. The molecule has 1 aliphatic rings. The summed E-state index contributed by atoms with van der Waals surface area (Å²) < 4.78 is 79.9. The fraction of sp³-hybridized carbons (Fsp3) is 0.239. The number of rotatable bonds is 18. The molecule has 22 nitrogen and oxygen atoms in total. The first-order chi connectivity index (χ1) is 44.6. The number of nitrogens with one attached hydrogen (secondary N) is 3. The van der Waals surface area contributed by atoms with E-state index in [1.54, 1.807) is 80.4 Å². The van der Waals surface area contributed by atoms with Crippen LogP contribution in [-0.2, 0) is 24.4 Å². The number of nitrogens with zero attached hydrogens (tertiary/aromatic N) is 6. The van der Waals surface area contributed by atoms with Crippen LogP contribution in [0.3, 0.4) is 0 Å². The van der Waals surface area contributed by atoms with Crippen LogP contribution in [0.25, 0.3) is 33.8 Å². The molecule has 0 aliphatic carbocycles. The molecule has 10 rings (SSSR count). The van der Waals surface area contributed by atoms with E-state index >= 15 is 0 Å². The smallest absolute Gasteiger partial charge is 0.254 e. The molecule has 3 aromatic heterocycles. The Balaban J connectivity index is 0.000000181. The summed E-state index contributed by atoms with van der Waals surface area (Å²) in [5, 5.41) is 21.2. The van der Waals surface area contributed by atoms with Crippen LogP contribution in [-0.4, -0.2) is 78.0 Å². The molecular formula is C67H70F5N15O7. The van der Waals surface area contributed by atoms with Gasteiger partial charge in [0.1, 0.15) is 68.7 Å². The molecule has 9 aromatic rings. The highest BCUT2D eigenvalue weighted by Crippen LogP contribution is 2.35. The number of amides is 6. The Morgan fingerprint density at radius 3 is 1.28 bits per heavy atom. The third-order valence-electron chi connectivity index (χ3n) is 15.4. The minimum Gasteiger partial charge on any atom is -0.383 e. The summed E-state index contributed by atoms with van der Waals surface area (Å²) in [7, 11) is 0. The first kappa shape index (κ1) is 68.7. The van der Waals surface area contributed by atoms with Crippen molar-refractivity contribution in [3.8, 4) is 33.8 Å². The van der Waals surface area contributed by atoms with Crippen LogP contribution in [0.1, 0.15) is 148 Å². The van der Waals surface area contributed by atoms with Gasteiger partial charge >= 0.3 is 0 Å². The Kier molecular flexibility index (Phi) is 21.5. The largest absolute Gasteiger partial charge is 0.383 e. The number of anilines is 3. The highest BCUT2D eigenvalue weighted by atomic mass is 19.2. The Labute approximate surface area is 536 Å². The van der Waals surface area contributed by atoms with Gasteiger partial charge in [0.25, 0.3) is 35.4 Å². The zero-order valence-electron chi connectivity index (χ0n) is 52.3.